The van der Waals surface area contributed by atoms with Gasteiger partial charge in [-0.15, -0.1) is 0 Å². The molecule has 0 radical (unpaired) electrons. The van der Waals surface area contributed by atoms with Crippen LogP contribution in [-0.4, -0.2) is 25.4 Å². The Morgan fingerprint density at radius 3 is 2.29 bits per heavy atom. The predicted molar refractivity (Wildman–Crippen MR) is 121 cm³/mol. The van der Waals surface area contributed by atoms with E-state index in [0.29, 0.717) is 22.2 Å². The number of carbonyl (C=O) groups is 2. The third-order valence-corrected chi connectivity index (χ3v) is 5.42. The average molecular weight is 433 g/mol. The van der Waals surface area contributed by atoms with Crippen molar-refractivity contribution >= 4 is 29.0 Å². The largest absolute Gasteiger partial charge is 0.497 e. The lowest BCUT2D eigenvalue weighted by Crippen LogP contribution is -2.17. The summed E-state index contributed by atoms with van der Waals surface area (Å²) < 4.78 is 16.8. The lowest BCUT2D eigenvalue weighted by molar-refractivity contribution is -0.115. The molecule has 156 valence electrons. The van der Waals surface area contributed by atoms with Crippen LogP contribution >= 0.6 is 11.8 Å². The Kier molecular flexibility index (Phi) is 5.95. The lowest BCUT2D eigenvalue weighted by Gasteiger charge is -2.12. The zero-order chi connectivity index (χ0) is 21.8. The van der Waals surface area contributed by atoms with Gasteiger partial charge in [-0.05, 0) is 65.4 Å². The number of ether oxygens (including phenoxy) is 3. The maximum Gasteiger partial charge on any atom is 0.290 e. The van der Waals surface area contributed by atoms with Gasteiger partial charge in [0.15, 0.2) is 0 Å². The van der Waals surface area contributed by atoms with Gasteiger partial charge in [-0.25, -0.2) is 0 Å². The van der Waals surface area contributed by atoms with E-state index in [9.17, 15) is 9.59 Å². The van der Waals surface area contributed by atoms with Crippen molar-refractivity contribution in [2.45, 2.75) is 0 Å². The summed E-state index contributed by atoms with van der Waals surface area (Å²) in [6, 6.07) is 20.7. The third kappa shape index (κ3) is 4.73. The predicted octanol–water partition coefficient (Wildman–Crippen LogP) is 5.49. The van der Waals surface area contributed by atoms with Crippen molar-refractivity contribution in [1.82, 2.24) is 5.32 Å². The first-order chi connectivity index (χ1) is 15.1. The van der Waals surface area contributed by atoms with Crippen molar-refractivity contribution in [3.8, 4) is 34.1 Å². The SMILES string of the molecule is COc1ccc(-c2cccc(Oc3ccc(C=C4SC(=O)NC4=O)cc3)c2)c(OC)c1. The smallest absolute Gasteiger partial charge is 0.290 e. The normalized spacial score (nSPS) is 14.5. The number of carbonyl (C=O) groups excluding carboxylic acids is 2. The highest BCUT2D eigenvalue weighted by atomic mass is 32.2. The number of rotatable bonds is 6. The number of methoxy groups -OCH3 is 2. The first-order valence-corrected chi connectivity index (χ1v) is 10.2. The fourth-order valence-corrected chi connectivity index (χ4v) is 3.79. The number of amides is 2. The van der Waals surface area contributed by atoms with Crippen LogP contribution in [0.5, 0.6) is 23.0 Å². The average Bonchev–Trinajstić information content (AvgIpc) is 3.11. The Bertz CT molecular complexity index is 1170. The number of nitrogens with one attached hydrogen (secondary N) is 1. The standard InChI is InChI=1S/C24H19NO5S/c1-28-18-10-11-20(21(14-18)29-2)16-4-3-5-19(13-16)30-17-8-6-15(7-9-17)12-22-23(26)25-24(27)31-22/h3-14H,1-2H3,(H,25,26,27). The van der Waals surface area contributed by atoms with Gasteiger partial charge in [0.05, 0.1) is 19.1 Å². The molecule has 1 saturated heterocycles. The lowest BCUT2D eigenvalue weighted by atomic mass is 10.0. The Morgan fingerprint density at radius 2 is 1.61 bits per heavy atom. The number of imide groups is 1. The van der Waals surface area contributed by atoms with Crippen LogP contribution in [0.1, 0.15) is 5.56 Å². The van der Waals surface area contributed by atoms with Crippen molar-refractivity contribution < 1.29 is 23.8 Å². The molecule has 0 spiro atoms. The maximum atomic E-state index is 11.7. The molecule has 0 aromatic heterocycles. The van der Waals surface area contributed by atoms with Crippen LogP contribution < -0.4 is 19.5 Å². The van der Waals surface area contributed by atoms with E-state index in [1.54, 1.807) is 20.3 Å². The molecule has 2 amide bonds. The zero-order valence-corrected chi connectivity index (χ0v) is 17.7. The van der Waals surface area contributed by atoms with Crippen molar-refractivity contribution in [2.75, 3.05) is 14.2 Å². The molecule has 0 bridgehead atoms. The Labute approximate surface area is 183 Å². The minimum absolute atomic E-state index is 0.357. The monoisotopic (exact) mass is 433 g/mol. The van der Waals surface area contributed by atoms with Crippen LogP contribution in [0.4, 0.5) is 4.79 Å². The highest BCUT2D eigenvalue weighted by molar-refractivity contribution is 8.18. The van der Waals surface area contributed by atoms with Crippen LogP contribution in [0, 0.1) is 0 Å². The first kappa shape index (κ1) is 20.6. The van der Waals surface area contributed by atoms with Gasteiger partial charge in [-0.2, -0.15) is 0 Å². The van der Waals surface area contributed by atoms with Gasteiger partial charge < -0.3 is 14.2 Å². The van der Waals surface area contributed by atoms with E-state index in [0.717, 1.165) is 34.2 Å². The van der Waals surface area contributed by atoms with Crippen molar-refractivity contribution in [3.63, 3.8) is 0 Å². The van der Waals surface area contributed by atoms with E-state index in [1.165, 1.54) is 0 Å². The van der Waals surface area contributed by atoms with Gasteiger partial charge in [0.1, 0.15) is 23.0 Å². The highest BCUT2D eigenvalue weighted by Crippen LogP contribution is 2.35. The molecule has 1 aliphatic rings. The van der Waals surface area contributed by atoms with Crippen LogP contribution in [0.3, 0.4) is 0 Å². The van der Waals surface area contributed by atoms with Crippen LogP contribution in [0.2, 0.25) is 0 Å². The van der Waals surface area contributed by atoms with Crippen LogP contribution in [0.15, 0.2) is 71.6 Å². The minimum atomic E-state index is -0.374. The van der Waals surface area contributed by atoms with Gasteiger partial charge in [0.25, 0.3) is 11.1 Å². The summed E-state index contributed by atoms with van der Waals surface area (Å²) in [6.45, 7) is 0. The Morgan fingerprint density at radius 1 is 0.839 bits per heavy atom. The summed E-state index contributed by atoms with van der Waals surface area (Å²) in [5, 5.41) is 1.88. The summed E-state index contributed by atoms with van der Waals surface area (Å²) in [7, 11) is 3.24. The molecule has 3 aromatic rings. The van der Waals surface area contributed by atoms with Gasteiger partial charge in [0.2, 0.25) is 0 Å². The molecule has 3 aromatic carbocycles. The molecule has 6 nitrogen and oxygen atoms in total. The number of benzene rings is 3. The second-order valence-electron chi connectivity index (χ2n) is 6.62. The molecule has 0 unspecified atom stereocenters. The summed E-state index contributed by atoms with van der Waals surface area (Å²) in [4.78, 5) is 23.3. The van der Waals surface area contributed by atoms with Gasteiger partial charge in [-0.1, -0.05) is 24.3 Å². The third-order valence-electron chi connectivity index (χ3n) is 4.61. The van der Waals surface area contributed by atoms with Crippen molar-refractivity contribution in [1.29, 1.82) is 0 Å². The Hall–Kier alpha value is -3.71. The molecule has 1 fully saturated rings. The topological polar surface area (TPSA) is 73.9 Å². The zero-order valence-electron chi connectivity index (χ0n) is 16.9. The molecular formula is C24H19NO5S. The molecule has 1 aliphatic heterocycles. The van der Waals surface area contributed by atoms with Gasteiger partial charge in [0, 0.05) is 11.6 Å². The Balaban J connectivity index is 1.53. The van der Waals surface area contributed by atoms with E-state index in [-0.39, 0.29) is 11.1 Å². The van der Waals surface area contributed by atoms with Crippen LogP contribution in [0.25, 0.3) is 17.2 Å². The number of thioether (sulfide) groups is 1. The van der Waals surface area contributed by atoms with E-state index in [1.807, 2.05) is 66.7 Å². The van der Waals surface area contributed by atoms with E-state index < -0.39 is 0 Å². The van der Waals surface area contributed by atoms with E-state index in [4.69, 9.17) is 14.2 Å². The van der Waals surface area contributed by atoms with Crippen molar-refractivity contribution in [2.24, 2.45) is 0 Å². The van der Waals surface area contributed by atoms with Crippen molar-refractivity contribution in [3.05, 3.63) is 77.2 Å². The highest BCUT2D eigenvalue weighted by Gasteiger charge is 2.24. The number of hydrogen-bond acceptors (Lipinski definition) is 6. The second-order valence-corrected chi connectivity index (χ2v) is 7.63. The molecule has 31 heavy (non-hydrogen) atoms. The van der Waals surface area contributed by atoms with E-state index >= 15 is 0 Å². The summed E-state index contributed by atoms with van der Waals surface area (Å²) in [5.74, 6) is 2.39. The molecule has 1 N–H and O–H groups in total. The van der Waals surface area contributed by atoms with Crippen LogP contribution in [-0.2, 0) is 4.79 Å². The summed E-state index contributed by atoms with van der Waals surface area (Å²) in [6.07, 6.45) is 1.67. The summed E-state index contributed by atoms with van der Waals surface area (Å²) >= 11 is 0.892. The molecule has 0 aliphatic carbocycles. The first-order valence-electron chi connectivity index (χ1n) is 9.41. The van der Waals surface area contributed by atoms with E-state index in [2.05, 4.69) is 5.32 Å². The maximum absolute atomic E-state index is 11.7. The fourth-order valence-electron chi connectivity index (χ4n) is 3.10. The quantitative estimate of drug-likeness (QED) is 0.519. The molecule has 4 rings (SSSR count). The molecular weight excluding hydrogens is 414 g/mol. The number of hydrogen-bond donors (Lipinski definition) is 1. The summed E-state index contributed by atoms with van der Waals surface area (Å²) in [5.41, 5.74) is 2.68. The molecule has 1 heterocycles. The molecule has 0 atom stereocenters. The second kappa shape index (κ2) is 8.97. The molecule has 7 heteroatoms. The van der Waals surface area contributed by atoms with Gasteiger partial charge in [-0.3, -0.25) is 14.9 Å². The fraction of sp³-hybridized carbons (Fsp3) is 0.0833. The molecule has 0 saturated carbocycles. The minimum Gasteiger partial charge on any atom is -0.497 e. The van der Waals surface area contributed by atoms with Gasteiger partial charge >= 0.3 is 0 Å².